The van der Waals surface area contributed by atoms with Gasteiger partial charge in [0.15, 0.2) is 17.1 Å². The van der Waals surface area contributed by atoms with Gasteiger partial charge in [0, 0.05) is 5.39 Å². The summed E-state index contributed by atoms with van der Waals surface area (Å²) in [6, 6.07) is 12.7. The van der Waals surface area contributed by atoms with Crippen molar-refractivity contribution in [2.75, 3.05) is 13.7 Å². The largest absolute Gasteiger partial charge is 0.493 e. The number of fused-ring (bicyclic) bond motifs is 1. The van der Waals surface area contributed by atoms with Gasteiger partial charge in [0.1, 0.15) is 5.75 Å². The Balaban J connectivity index is 1.64. The van der Waals surface area contributed by atoms with Crippen LogP contribution in [0.5, 0.6) is 11.5 Å². The van der Waals surface area contributed by atoms with Crippen LogP contribution in [0.1, 0.15) is 35.9 Å². The summed E-state index contributed by atoms with van der Waals surface area (Å²) in [4.78, 5) is 12.3. The molecule has 0 atom stereocenters. The zero-order chi connectivity index (χ0) is 19.9. The van der Waals surface area contributed by atoms with Crippen molar-refractivity contribution in [2.45, 2.75) is 19.8 Å². The Kier molecular flexibility index (Phi) is 6.71. The van der Waals surface area contributed by atoms with Gasteiger partial charge in [-0.15, -0.1) is 0 Å². The third-order valence-electron chi connectivity index (χ3n) is 4.04. The van der Waals surface area contributed by atoms with Crippen LogP contribution in [0, 0.1) is 0 Å². The average Bonchev–Trinajstić information content (AvgIpc) is 3.14. The fourth-order valence-electron chi connectivity index (χ4n) is 2.57. The summed E-state index contributed by atoms with van der Waals surface area (Å²) in [6.07, 6.45) is 3.65. The number of para-hydroxylation sites is 1. The van der Waals surface area contributed by atoms with Crippen LogP contribution in [0.4, 0.5) is 0 Å². The molecule has 0 spiro atoms. The maximum atomic E-state index is 12.3. The van der Waals surface area contributed by atoms with E-state index in [4.69, 9.17) is 13.9 Å². The summed E-state index contributed by atoms with van der Waals surface area (Å²) in [5.74, 6) is 1.09. The van der Waals surface area contributed by atoms with Crippen LogP contribution in [0.15, 0.2) is 56.5 Å². The Bertz CT molecular complexity index is 997. The number of ether oxygens (including phenoxy) is 2. The minimum absolute atomic E-state index is 0.164. The quantitative estimate of drug-likeness (QED) is 0.296. The third kappa shape index (κ3) is 4.72. The van der Waals surface area contributed by atoms with Crippen LogP contribution >= 0.6 is 15.9 Å². The zero-order valence-corrected chi connectivity index (χ0v) is 17.3. The van der Waals surface area contributed by atoms with E-state index in [-0.39, 0.29) is 5.76 Å². The summed E-state index contributed by atoms with van der Waals surface area (Å²) in [5, 5.41) is 4.79. The van der Waals surface area contributed by atoms with E-state index in [0.29, 0.717) is 17.9 Å². The smallest absolute Gasteiger partial charge is 0.307 e. The highest BCUT2D eigenvalue weighted by molar-refractivity contribution is 9.10. The monoisotopic (exact) mass is 444 g/mol. The Morgan fingerprint density at radius 1 is 1.25 bits per heavy atom. The number of hydrogen-bond donors (Lipinski definition) is 1. The number of benzene rings is 2. The van der Waals surface area contributed by atoms with Gasteiger partial charge in [-0.05, 0) is 58.2 Å². The van der Waals surface area contributed by atoms with Gasteiger partial charge in [0.25, 0.3) is 0 Å². The van der Waals surface area contributed by atoms with Crippen molar-refractivity contribution in [3.05, 3.63) is 58.3 Å². The number of carbonyl (C=O) groups is 1. The standard InChI is InChI=1S/C21H21BrN2O4/c1-3-4-10-27-17-9-8-14(11-16(17)22)13-23-24-21(25)19-12-15-6-5-7-18(26-2)20(15)28-19/h5-9,11-13H,3-4,10H2,1-2H3,(H,24,25)/b23-13-. The number of nitrogens with one attached hydrogen (secondary N) is 1. The minimum Gasteiger partial charge on any atom is -0.493 e. The summed E-state index contributed by atoms with van der Waals surface area (Å²) in [7, 11) is 1.56. The normalized spacial score (nSPS) is 11.1. The van der Waals surface area contributed by atoms with Crippen LogP contribution in [-0.2, 0) is 0 Å². The highest BCUT2D eigenvalue weighted by atomic mass is 79.9. The number of furan rings is 1. The molecule has 0 aliphatic carbocycles. The van der Waals surface area contributed by atoms with Crippen LogP contribution < -0.4 is 14.9 Å². The van der Waals surface area contributed by atoms with E-state index in [0.717, 1.165) is 34.0 Å². The van der Waals surface area contributed by atoms with E-state index < -0.39 is 5.91 Å². The number of hydrazone groups is 1. The molecular formula is C21H21BrN2O4. The van der Waals surface area contributed by atoms with Crippen molar-refractivity contribution in [1.82, 2.24) is 5.43 Å². The van der Waals surface area contributed by atoms with Gasteiger partial charge < -0.3 is 13.9 Å². The lowest BCUT2D eigenvalue weighted by Crippen LogP contribution is -2.16. The molecule has 3 aromatic rings. The molecule has 6 nitrogen and oxygen atoms in total. The van der Waals surface area contributed by atoms with Gasteiger partial charge in [-0.25, -0.2) is 5.43 Å². The first-order chi connectivity index (χ1) is 13.6. The molecule has 1 aromatic heterocycles. The van der Waals surface area contributed by atoms with Crippen molar-refractivity contribution in [1.29, 1.82) is 0 Å². The number of nitrogens with zero attached hydrogens (tertiary/aromatic N) is 1. The van der Waals surface area contributed by atoms with Gasteiger partial charge in [-0.2, -0.15) is 5.10 Å². The molecule has 0 aliphatic rings. The number of unbranched alkanes of at least 4 members (excludes halogenated alkanes) is 1. The molecule has 0 saturated heterocycles. The van der Waals surface area contributed by atoms with Crippen LogP contribution in [0.3, 0.4) is 0 Å². The molecule has 1 N–H and O–H groups in total. The second kappa shape index (κ2) is 9.41. The van der Waals surface area contributed by atoms with Gasteiger partial charge in [-0.3, -0.25) is 4.79 Å². The first-order valence-electron chi connectivity index (χ1n) is 8.94. The van der Waals surface area contributed by atoms with E-state index in [2.05, 4.69) is 33.4 Å². The summed E-state index contributed by atoms with van der Waals surface area (Å²) in [5.41, 5.74) is 3.82. The highest BCUT2D eigenvalue weighted by Crippen LogP contribution is 2.28. The lowest BCUT2D eigenvalue weighted by Gasteiger charge is -2.07. The fourth-order valence-corrected chi connectivity index (χ4v) is 3.08. The number of hydrogen-bond acceptors (Lipinski definition) is 5. The lowest BCUT2D eigenvalue weighted by atomic mass is 10.2. The maximum Gasteiger partial charge on any atom is 0.307 e. The number of halogens is 1. The topological polar surface area (TPSA) is 73.1 Å². The molecule has 0 unspecified atom stereocenters. The van der Waals surface area contributed by atoms with Crippen molar-refractivity contribution >= 4 is 39.0 Å². The Labute approximate surface area is 171 Å². The molecule has 2 aromatic carbocycles. The summed E-state index contributed by atoms with van der Waals surface area (Å²) in [6.45, 7) is 2.80. The average molecular weight is 445 g/mol. The van der Waals surface area contributed by atoms with E-state index in [1.165, 1.54) is 0 Å². The number of carbonyl (C=O) groups excluding carboxylic acids is 1. The zero-order valence-electron chi connectivity index (χ0n) is 15.7. The molecule has 1 amide bonds. The molecule has 0 fully saturated rings. The van der Waals surface area contributed by atoms with Crippen molar-refractivity contribution in [2.24, 2.45) is 5.10 Å². The second-order valence-corrected chi connectivity index (χ2v) is 6.93. The molecule has 1 heterocycles. The first-order valence-corrected chi connectivity index (χ1v) is 9.74. The van der Waals surface area contributed by atoms with Crippen LogP contribution in [0.2, 0.25) is 0 Å². The van der Waals surface area contributed by atoms with E-state index in [1.807, 2.05) is 30.3 Å². The predicted molar refractivity (Wildman–Crippen MR) is 112 cm³/mol. The third-order valence-corrected chi connectivity index (χ3v) is 4.66. The Morgan fingerprint density at radius 3 is 2.86 bits per heavy atom. The molecule has 7 heteroatoms. The van der Waals surface area contributed by atoms with Gasteiger partial charge >= 0.3 is 5.91 Å². The van der Waals surface area contributed by atoms with Crippen LogP contribution in [-0.4, -0.2) is 25.8 Å². The molecular weight excluding hydrogens is 424 g/mol. The molecule has 146 valence electrons. The minimum atomic E-state index is -0.437. The van der Waals surface area contributed by atoms with Crippen LogP contribution in [0.25, 0.3) is 11.0 Å². The van der Waals surface area contributed by atoms with Gasteiger partial charge in [0.05, 0.1) is 24.4 Å². The summed E-state index contributed by atoms with van der Waals surface area (Å²) >= 11 is 3.49. The SMILES string of the molecule is CCCCOc1ccc(/C=N\NC(=O)c2cc3cccc(OC)c3o2)cc1Br. The lowest BCUT2D eigenvalue weighted by molar-refractivity contribution is 0.0929. The second-order valence-electron chi connectivity index (χ2n) is 6.08. The molecule has 28 heavy (non-hydrogen) atoms. The fraction of sp³-hybridized carbons (Fsp3) is 0.238. The van der Waals surface area contributed by atoms with Crippen molar-refractivity contribution < 1.29 is 18.7 Å². The number of amides is 1. The molecule has 0 saturated carbocycles. The number of rotatable bonds is 8. The van der Waals surface area contributed by atoms with Crippen molar-refractivity contribution in [3.63, 3.8) is 0 Å². The van der Waals surface area contributed by atoms with Crippen molar-refractivity contribution in [3.8, 4) is 11.5 Å². The maximum absolute atomic E-state index is 12.3. The van der Waals surface area contributed by atoms with Gasteiger partial charge in [0.2, 0.25) is 0 Å². The molecule has 0 aliphatic heterocycles. The predicted octanol–water partition coefficient (Wildman–Crippen LogP) is 5.15. The Hall–Kier alpha value is -2.80. The van der Waals surface area contributed by atoms with E-state index in [1.54, 1.807) is 25.5 Å². The molecule has 0 bridgehead atoms. The highest BCUT2D eigenvalue weighted by Gasteiger charge is 2.14. The first kappa shape index (κ1) is 19.9. The number of methoxy groups -OCH3 is 1. The Morgan fingerprint density at radius 2 is 2.11 bits per heavy atom. The van der Waals surface area contributed by atoms with E-state index in [9.17, 15) is 4.79 Å². The van der Waals surface area contributed by atoms with E-state index >= 15 is 0 Å². The van der Waals surface area contributed by atoms with Gasteiger partial charge in [-0.1, -0.05) is 25.5 Å². The molecule has 3 rings (SSSR count). The molecule has 0 radical (unpaired) electrons. The summed E-state index contributed by atoms with van der Waals surface area (Å²) < 4.78 is 17.4.